The van der Waals surface area contributed by atoms with Crippen molar-refractivity contribution in [3.63, 3.8) is 0 Å². The summed E-state index contributed by atoms with van der Waals surface area (Å²) in [5.74, 6) is -0.199. The molecular weight excluding hydrogens is 199 g/mol. The van der Waals surface area contributed by atoms with E-state index in [0.717, 1.165) is 11.1 Å². The van der Waals surface area contributed by atoms with Gasteiger partial charge in [-0.3, -0.25) is 4.79 Å². The molecule has 1 aromatic carbocycles. The highest BCUT2D eigenvalue weighted by Crippen LogP contribution is 2.17. The van der Waals surface area contributed by atoms with Crippen LogP contribution in [0.4, 0.5) is 4.39 Å². The van der Waals surface area contributed by atoms with Gasteiger partial charge in [-0.1, -0.05) is 6.07 Å². The van der Waals surface area contributed by atoms with E-state index in [1.54, 1.807) is 6.92 Å². The molecule has 1 nitrogen and oxygen atoms in total. The number of Topliss-reactive ketones (excluding diaryl/α,β-unsaturated/α-hetero) is 1. The minimum absolute atomic E-state index is 0.132. The molecule has 3 heteroatoms. The predicted octanol–water partition coefficient (Wildman–Crippen LogP) is 2.99. The molecule has 0 saturated carbocycles. The highest BCUT2D eigenvalue weighted by molar-refractivity contribution is 7.99. The second-order valence-corrected chi connectivity index (χ2v) is 4.16. The molecule has 0 heterocycles. The van der Waals surface area contributed by atoms with E-state index in [1.807, 2.05) is 19.2 Å². The molecule has 0 aliphatic heterocycles. The Kier molecular flexibility index (Phi) is 3.69. The lowest BCUT2D eigenvalue weighted by molar-refractivity contribution is 0.101. The predicted molar refractivity (Wildman–Crippen MR) is 58.6 cm³/mol. The summed E-state index contributed by atoms with van der Waals surface area (Å²) in [6.07, 6.45) is 1.83. The van der Waals surface area contributed by atoms with Crippen molar-refractivity contribution in [3.05, 3.63) is 34.6 Å². The minimum Gasteiger partial charge on any atom is -0.293 e. The summed E-state index contributed by atoms with van der Waals surface area (Å²) in [7, 11) is 0. The average Bonchev–Trinajstić information content (AvgIpc) is 2.01. The first kappa shape index (κ1) is 11.2. The normalized spacial score (nSPS) is 10.3. The maximum absolute atomic E-state index is 13.5. The van der Waals surface area contributed by atoms with Crippen molar-refractivity contribution in [2.24, 2.45) is 0 Å². The molecule has 76 valence electrons. The Balaban J connectivity index is 3.14. The van der Waals surface area contributed by atoms with Gasteiger partial charge in [0.2, 0.25) is 0 Å². The van der Waals surface area contributed by atoms with E-state index in [1.165, 1.54) is 17.8 Å². The molecule has 0 N–H and O–H groups in total. The van der Waals surface area contributed by atoms with Gasteiger partial charge in [0.25, 0.3) is 0 Å². The van der Waals surface area contributed by atoms with Crippen molar-refractivity contribution in [1.29, 1.82) is 0 Å². The summed E-state index contributed by atoms with van der Waals surface area (Å²) in [5.41, 5.74) is 1.81. The Labute approximate surface area is 87.7 Å². The second kappa shape index (κ2) is 4.60. The second-order valence-electron chi connectivity index (χ2n) is 3.29. The third-order valence-corrected chi connectivity index (χ3v) is 2.54. The van der Waals surface area contributed by atoms with Crippen LogP contribution in [0.5, 0.6) is 0 Å². The van der Waals surface area contributed by atoms with Crippen LogP contribution in [0.1, 0.15) is 21.5 Å². The van der Waals surface area contributed by atoms with E-state index in [0.29, 0.717) is 5.75 Å². The van der Waals surface area contributed by atoms with Gasteiger partial charge in [-0.15, -0.1) is 0 Å². The molecule has 0 unspecified atom stereocenters. The SMILES string of the molecule is CSCC(=O)c1c(C)cc(C)cc1F. The standard InChI is InChI=1S/C11H13FOS/c1-7-4-8(2)11(9(12)5-7)10(13)6-14-3/h4-5H,6H2,1-3H3. The zero-order valence-electron chi connectivity index (χ0n) is 8.56. The molecule has 0 saturated heterocycles. The van der Waals surface area contributed by atoms with Gasteiger partial charge < -0.3 is 0 Å². The first-order chi connectivity index (χ1) is 6.56. The minimum atomic E-state index is -0.401. The van der Waals surface area contributed by atoms with Crippen molar-refractivity contribution >= 4 is 17.5 Å². The summed E-state index contributed by atoms with van der Waals surface area (Å²) in [5, 5.41) is 0. The molecule has 0 atom stereocenters. The van der Waals surface area contributed by atoms with Crippen LogP contribution in [0.3, 0.4) is 0 Å². The largest absolute Gasteiger partial charge is 0.293 e. The molecule has 0 radical (unpaired) electrons. The van der Waals surface area contributed by atoms with Crippen molar-refractivity contribution in [2.45, 2.75) is 13.8 Å². The number of hydrogen-bond acceptors (Lipinski definition) is 2. The van der Waals surface area contributed by atoms with Gasteiger partial charge in [0.1, 0.15) is 5.82 Å². The van der Waals surface area contributed by atoms with Crippen molar-refractivity contribution < 1.29 is 9.18 Å². The molecule has 1 rings (SSSR count). The van der Waals surface area contributed by atoms with Crippen LogP contribution in [-0.2, 0) is 0 Å². The average molecular weight is 212 g/mol. The Morgan fingerprint density at radius 3 is 2.57 bits per heavy atom. The Morgan fingerprint density at radius 2 is 2.07 bits per heavy atom. The van der Waals surface area contributed by atoms with Gasteiger partial charge in [0, 0.05) is 0 Å². The molecule has 0 fully saturated rings. The number of benzene rings is 1. The summed E-state index contributed by atoms with van der Waals surface area (Å²) in [6.45, 7) is 3.59. The van der Waals surface area contributed by atoms with Gasteiger partial charge in [-0.25, -0.2) is 4.39 Å². The Morgan fingerprint density at radius 1 is 1.43 bits per heavy atom. The first-order valence-corrected chi connectivity index (χ1v) is 5.74. The van der Waals surface area contributed by atoms with Gasteiger partial charge in [-0.2, -0.15) is 11.8 Å². The molecule has 0 aromatic heterocycles. The number of carbonyl (C=O) groups is 1. The molecule has 1 aromatic rings. The number of rotatable bonds is 3. The lowest BCUT2D eigenvalue weighted by Crippen LogP contribution is -2.08. The van der Waals surface area contributed by atoms with Crippen molar-refractivity contribution in [3.8, 4) is 0 Å². The summed E-state index contributed by atoms with van der Waals surface area (Å²) in [6, 6.07) is 3.23. The monoisotopic (exact) mass is 212 g/mol. The van der Waals surface area contributed by atoms with E-state index in [2.05, 4.69) is 0 Å². The number of aryl methyl sites for hydroxylation is 2. The molecule has 0 spiro atoms. The highest BCUT2D eigenvalue weighted by atomic mass is 32.2. The highest BCUT2D eigenvalue weighted by Gasteiger charge is 2.14. The summed E-state index contributed by atoms with van der Waals surface area (Å²) in [4.78, 5) is 11.5. The van der Waals surface area contributed by atoms with Crippen molar-refractivity contribution in [2.75, 3.05) is 12.0 Å². The van der Waals surface area contributed by atoms with Crippen LogP contribution < -0.4 is 0 Å². The maximum Gasteiger partial charge on any atom is 0.175 e. The smallest absolute Gasteiger partial charge is 0.175 e. The number of carbonyl (C=O) groups excluding carboxylic acids is 1. The molecule has 0 bridgehead atoms. The van der Waals surface area contributed by atoms with E-state index in [9.17, 15) is 9.18 Å². The lowest BCUT2D eigenvalue weighted by Gasteiger charge is -2.06. The van der Waals surface area contributed by atoms with Gasteiger partial charge in [0.05, 0.1) is 11.3 Å². The number of halogens is 1. The molecule has 0 aliphatic carbocycles. The first-order valence-electron chi connectivity index (χ1n) is 4.35. The van der Waals surface area contributed by atoms with Crippen LogP contribution in [0.2, 0.25) is 0 Å². The maximum atomic E-state index is 13.5. The van der Waals surface area contributed by atoms with E-state index in [-0.39, 0.29) is 11.3 Å². The fraction of sp³-hybridized carbons (Fsp3) is 0.364. The Hall–Kier alpha value is -0.830. The van der Waals surface area contributed by atoms with Crippen LogP contribution in [0, 0.1) is 19.7 Å². The fourth-order valence-electron chi connectivity index (χ4n) is 1.47. The van der Waals surface area contributed by atoms with Gasteiger partial charge in [0.15, 0.2) is 5.78 Å². The molecule has 0 amide bonds. The number of hydrogen-bond donors (Lipinski definition) is 0. The van der Waals surface area contributed by atoms with Crippen LogP contribution in [-0.4, -0.2) is 17.8 Å². The zero-order chi connectivity index (χ0) is 10.7. The lowest BCUT2D eigenvalue weighted by atomic mass is 10.0. The van der Waals surface area contributed by atoms with E-state index in [4.69, 9.17) is 0 Å². The van der Waals surface area contributed by atoms with E-state index < -0.39 is 5.82 Å². The third kappa shape index (κ3) is 2.35. The fourth-order valence-corrected chi connectivity index (χ4v) is 1.88. The molecular formula is C11H13FOS. The summed E-state index contributed by atoms with van der Waals surface area (Å²) >= 11 is 1.41. The molecule has 14 heavy (non-hydrogen) atoms. The van der Waals surface area contributed by atoms with Crippen molar-refractivity contribution in [1.82, 2.24) is 0 Å². The van der Waals surface area contributed by atoms with Crippen LogP contribution in [0.25, 0.3) is 0 Å². The topological polar surface area (TPSA) is 17.1 Å². The zero-order valence-corrected chi connectivity index (χ0v) is 9.37. The van der Waals surface area contributed by atoms with Crippen LogP contribution in [0.15, 0.2) is 12.1 Å². The van der Waals surface area contributed by atoms with E-state index >= 15 is 0 Å². The van der Waals surface area contributed by atoms with Crippen LogP contribution >= 0.6 is 11.8 Å². The number of ketones is 1. The quantitative estimate of drug-likeness (QED) is 0.716. The summed E-state index contributed by atoms with van der Waals surface area (Å²) < 4.78 is 13.5. The number of thioether (sulfide) groups is 1. The Bertz CT molecular complexity index is 337. The van der Waals surface area contributed by atoms with Gasteiger partial charge in [-0.05, 0) is 37.3 Å². The molecule has 0 aliphatic rings. The third-order valence-electron chi connectivity index (χ3n) is 1.99. The van der Waals surface area contributed by atoms with Gasteiger partial charge >= 0.3 is 0 Å².